The van der Waals surface area contributed by atoms with Crippen LogP contribution in [-0.2, 0) is 0 Å². The van der Waals surface area contributed by atoms with Gasteiger partial charge in [-0.05, 0) is 37.7 Å². The maximum atomic E-state index is 8.66. The number of aromatic nitrogens is 1. The molecule has 1 heterocycles. The van der Waals surface area contributed by atoms with E-state index < -0.39 is 0 Å². The Labute approximate surface area is 108 Å². The van der Waals surface area contributed by atoms with Crippen LogP contribution in [-0.4, -0.2) is 22.8 Å². The molecule has 1 saturated carbocycles. The van der Waals surface area contributed by atoms with Crippen molar-refractivity contribution >= 4 is 0 Å². The minimum atomic E-state index is -0.133. The molecule has 2 rings (SSSR count). The van der Waals surface area contributed by atoms with Gasteiger partial charge < -0.3 is 9.84 Å². The Bertz CT molecular complexity index is 439. The Kier molecular flexibility index (Phi) is 4.60. The summed E-state index contributed by atoms with van der Waals surface area (Å²) in [5.41, 5.74) is 0.783. The first kappa shape index (κ1) is 12.9. The molecule has 0 saturated heterocycles. The third kappa shape index (κ3) is 3.75. The molecule has 0 amide bonds. The third-order valence-electron chi connectivity index (χ3n) is 3.29. The van der Waals surface area contributed by atoms with Crippen molar-refractivity contribution in [3.8, 4) is 17.6 Å². The van der Waals surface area contributed by atoms with Gasteiger partial charge in [0.05, 0.1) is 12.3 Å². The van der Waals surface area contributed by atoms with E-state index in [1.165, 1.54) is 12.8 Å². The summed E-state index contributed by atoms with van der Waals surface area (Å²) in [4.78, 5) is 4.11. The van der Waals surface area contributed by atoms with Gasteiger partial charge in [-0.3, -0.25) is 4.98 Å². The Morgan fingerprint density at radius 2 is 2.11 bits per heavy atom. The SMILES string of the molecule is CC1CCC(Oc2cncc(C#CCO)c2)CC1. The fourth-order valence-corrected chi connectivity index (χ4v) is 2.23. The van der Waals surface area contributed by atoms with Gasteiger partial charge in [0.25, 0.3) is 0 Å². The van der Waals surface area contributed by atoms with Crippen LogP contribution in [0.25, 0.3) is 0 Å². The van der Waals surface area contributed by atoms with Gasteiger partial charge in [0.15, 0.2) is 0 Å². The van der Waals surface area contributed by atoms with Crippen LogP contribution in [0.4, 0.5) is 0 Å². The molecular formula is C15H19NO2. The average molecular weight is 245 g/mol. The van der Waals surface area contributed by atoms with Gasteiger partial charge in [-0.25, -0.2) is 0 Å². The third-order valence-corrected chi connectivity index (χ3v) is 3.29. The monoisotopic (exact) mass is 245 g/mol. The number of pyridine rings is 1. The van der Waals surface area contributed by atoms with Gasteiger partial charge in [0, 0.05) is 11.8 Å². The van der Waals surface area contributed by atoms with Crippen molar-refractivity contribution in [2.24, 2.45) is 5.92 Å². The molecule has 0 aromatic carbocycles. The van der Waals surface area contributed by atoms with Crippen molar-refractivity contribution < 1.29 is 9.84 Å². The molecule has 1 fully saturated rings. The minimum Gasteiger partial charge on any atom is -0.489 e. The van der Waals surface area contributed by atoms with Crippen LogP contribution >= 0.6 is 0 Å². The van der Waals surface area contributed by atoms with Gasteiger partial charge >= 0.3 is 0 Å². The van der Waals surface area contributed by atoms with Crippen molar-refractivity contribution in [3.63, 3.8) is 0 Å². The quantitative estimate of drug-likeness (QED) is 0.813. The van der Waals surface area contributed by atoms with Gasteiger partial charge in [0.2, 0.25) is 0 Å². The second kappa shape index (κ2) is 6.42. The van der Waals surface area contributed by atoms with Gasteiger partial charge in [-0.2, -0.15) is 0 Å². The van der Waals surface area contributed by atoms with Crippen molar-refractivity contribution in [1.29, 1.82) is 0 Å². The maximum absolute atomic E-state index is 8.66. The molecule has 3 nitrogen and oxygen atoms in total. The van der Waals surface area contributed by atoms with Crippen LogP contribution in [0, 0.1) is 17.8 Å². The summed E-state index contributed by atoms with van der Waals surface area (Å²) in [6, 6.07) is 1.88. The Balaban J connectivity index is 1.96. The first-order chi connectivity index (χ1) is 8.78. The number of hydrogen-bond acceptors (Lipinski definition) is 3. The summed E-state index contributed by atoms with van der Waals surface area (Å²) < 4.78 is 5.93. The molecule has 1 aliphatic rings. The first-order valence-corrected chi connectivity index (χ1v) is 6.49. The number of nitrogens with zero attached hydrogens (tertiary/aromatic N) is 1. The van der Waals surface area contributed by atoms with Crippen LogP contribution in [0.5, 0.6) is 5.75 Å². The van der Waals surface area contributed by atoms with E-state index in [-0.39, 0.29) is 6.61 Å². The Morgan fingerprint density at radius 3 is 2.83 bits per heavy atom. The summed E-state index contributed by atoms with van der Waals surface area (Å²) >= 11 is 0. The molecular weight excluding hydrogens is 226 g/mol. The fraction of sp³-hybridized carbons (Fsp3) is 0.533. The van der Waals surface area contributed by atoms with Crippen molar-refractivity contribution in [2.45, 2.75) is 38.7 Å². The summed E-state index contributed by atoms with van der Waals surface area (Å²) in [5, 5.41) is 8.66. The second-order valence-electron chi connectivity index (χ2n) is 4.87. The van der Waals surface area contributed by atoms with E-state index in [1.807, 2.05) is 6.07 Å². The number of hydrogen-bond donors (Lipinski definition) is 1. The number of aliphatic hydroxyl groups is 1. The van der Waals surface area contributed by atoms with Crippen LogP contribution in [0.1, 0.15) is 38.2 Å². The molecule has 96 valence electrons. The van der Waals surface area contributed by atoms with E-state index in [1.54, 1.807) is 12.4 Å². The molecule has 1 aromatic rings. The number of rotatable bonds is 2. The highest BCUT2D eigenvalue weighted by atomic mass is 16.5. The number of aliphatic hydroxyl groups excluding tert-OH is 1. The summed E-state index contributed by atoms with van der Waals surface area (Å²) in [7, 11) is 0. The van der Waals surface area contributed by atoms with Gasteiger partial charge in [-0.1, -0.05) is 18.8 Å². The van der Waals surface area contributed by atoms with Crippen LogP contribution in [0.3, 0.4) is 0 Å². The van der Waals surface area contributed by atoms with E-state index in [0.29, 0.717) is 6.10 Å². The summed E-state index contributed by atoms with van der Waals surface area (Å²) in [6.45, 7) is 2.16. The van der Waals surface area contributed by atoms with Gasteiger partial charge in [0.1, 0.15) is 12.4 Å². The first-order valence-electron chi connectivity index (χ1n) is 6.49. The predicted octanol–water partition coefficient (Wildman–Crippen LogP) is 2.38. The van der Waals surface area contributed by atoms with E-state index in [2.05, 4.69) is 23.7 Å². The standard InChI is InChI=1S/C15H19NO2/c1-12-4-6-14(7-5-12)18-15-9-13(3-2-8-17)10-16-11-15/h9-12,14,17H,4-8H2,1H3. The van der Waals surface area contributed by atoms with Crippen molar-refractivity contribution in [1.82, 2.24) is 4.98 Å². The maximum Gasteiger partial charge on any atom is 0.139 e. The van der Waals surface area contributed by atoms with E-state index in [0.717, 1.165) is 30.1 Å². The molecule has 18 heavy (non-hydrogen) atoms. The zero-order valence-corrected chi connectivity index (χ0v) is 10.7. The molecule has 0 radical (unpaired) electrons. The summed E-state index contributed by atoms with van der Waals surface area (Å²) in [5.74, 6) is 7.05. The smallest absolute Gasteiger partial charge is 0.139 e. The van der Waals surface area contributed by atoms with Crippen LogP contribution in [0.2, 0.25) is 0 Å². The lowest BCUT2D eigenvalue weighted by molar-refractivity contribution is 0.135. The molecule has 0 atom stereocenters. The lowest BCUT2D eigenvalue weighted by atomic mass is 9.89. The molecule has 1 N–H and O–H groups in total. The van der Waals surface area contributed by atoms with E-state index in [9.17, 15) is 0 Å². The molecule has 0 spiro atoms. The highest BCUT2D eigenvalue weighted by Crippen LogP contribution is 2.27. The van der Waals surface area contributed by atoms with E-state index in [4.69, 9.17) is 9.84 Å². The van der Waals surface area contributed by atoms with E-state index >= 15 is 0 Å². The van der Waals surface area contributed by atoms with Crippen LogP contribution < -0.4 is 4.74 Å². The molecule has 3 heteroatoms. The highest BCUT2D eigenvalue weighted by Gasteiger charge is 2.19. The molecule has 0 unspecified atom stereocenters. The zero-order chi connectivity index (χ0) is 12.8. The predicted molar refractivity (Wildman–Crippen MR) is 70.2 cm³/mol. The normalized spacial score (nSPS) is 23.0. The lowest BCUT2D eigenvalue weighted by Gasteiger charge is -2.26. The van der Waals surface area contributed by atoms with Gasteiger partial charge in [-0.15, -0.1) is 0 Å². The molecule has 1 aliphatic carbocycles. The zero-order valence-electron chi connectivity index (χ0n) is 10.7. The van der Waals surface area contributed by atoms with Crippen molar-refractivity contribution in [2.75, 3.05) is 6.61 Å². The average Bonchev–Trinajstić information content (AvgIpc) is 2.40. The topological polar surface area (TPSA) is 42.4 Å². The Hall–Kier alpha value is -1.53. The lowest BCUT2D eigenvalue weighted by Crippen LogP contribution is -2.23. The Morgan fingerprint density at radius 1 is 1.33 bits per heavy atom. The summed E-state index contributed by atoms with van der Waals surface area (Å²) in [6.07, 6.45) is 8.43. The minimum absolute atomic E-state index is 0.133. The second-order valence-corrected chi connectivity index (χ2v) is 4.87. The largest absolute Gasteiger partial charge is 0.489 e. The number of ether oxygens (including phenoxy) is 1. The highest BCUT2D eigenvalue weighted by molar-refractivity contribution is 5.36. The van der Waals surface area contributed by atoms with Crippen LogP contribution in [0.15, 0.2) is 18.5 Å². The molecule has 1 aromatic heterocycles. The fourth-order valence-electron chi connectivity index (χ4n) is 2.23. The molecule has 0 aliphatic heterocycles. The van der Waals surface area contributed by atoms with Crippen molar-refractivity contribution in [3.05, 3.63) is 24.0 Å². The molecule has 0 bridgehead atoms.